The van der Waals surface area contributed by atoms with Gasteiger partial charge in [-0.25, -0.2) is 0 Å². The first kappa shape index (κ1) is 15.8. The van der Waals surface area contributed by atoms with Crippen LogP contribution in [0.3, 0.4) is 0 Å². The maximum Gasteiger partial charge on any atom is 0.239 e. The average molecular weight is 282 g/mol. The predicted molar refractivity (Wildman–Crippen MR) is 80.6 cm³/mol. The molecule has 0 aromatic carbocycles. The molecular weight excluding hydrogens is 252 g/mol. The lowest BCUT2D eigenvalue weighted by atomic mass is 9.89. The molecule has 2 heterocycles. The molecule has 4 nitrogen and oxygen atoms in total. The molecule has 2 rings (SSSR count). The second kappa shape index (κ2) is 5.64. The quantitative estimate of drug-likeness (QED) is 0.844. The number of ether oxygens (including phenoxy) is 1. The van der Waals surface area contributed by atoms with Crippen LogP contribution in [0, 0.1) is 5.92 Å². The third-order valence-electron chi connectivity index (χ3n) is 4.40. The Hall–Kier alpha value is -0.610. The number of carbonyl (C=O) groups is 1. The first-order chi connectivity index (χ1) is 9.22. The molecule has 4 heteroatoms. The normalized spacial score (nSPS) is 33.0. The Morgan fingerprint density at radius 1 is 1.25 bits per heavy atom. The van der Waals surface area contributed by atoms with Crippen molar-refractivity contribution in [2.75, 3.05) is 19.6 Å². The zero-order valence-corrected chi connectivity index (χ0v) is 13.7. The van der Waals surface area contributed by atoms with Crippen molar-refractivity contribution in [2.24, 2.45) is 5.92 Å². The third-order valence-corrected chi connectivity index (χ3v) is 4.40. The molecule has 2 saturated heterocycles. The van der Waals surface area contributed by atoms with Crippen LogP contribution in [0.25, 0.3) is 0 Å². The molecule has 0 bridgehead atoms. The smallest absolute Gasteiger partial charge is 0.239 e. The van der Waals surface area contributed by atoms with Gasteiger partial charge in [-0.3, -0.25) is 4.79 Å². The molecule has 0 aromatic heterocycles. The van der Waals surface area contributed by atoms with Gasteiger partial charge >= 0.3 is 0 Å². The lowest BCUT2D eigenvalue weighted by Gasteiger charge is -2.48. The molecule has 0 radical (unpaired) electrons. The Morgan fingerprint density at radius 3 is 2.40 bits per heavy atom. The molecule has 2 fully saturated rings. The zero-order valence-electron chi connectivity index (χ0n) is 13.7. The minimum absolute atomic E-state index is 0.00148. The van der Waals surface area contributed by atoms with Gasteiger partial charge in [0.25, 0.3) is 0 Å². The first-order valence-corrected chi connectivity index (χ1v) is 7.95. The molecule has 20 heavy (non-hydrogen) atoms. The van der Waals surface area contributed by atoms with Crippen molar-refractivity contribution in [1.29, 1.82) is 0 Å². The monoisotopic (exact) mass is 282 g/mol. The zero-order chi connectivity index (χ0) is 15.0. The van der Waals surface area contributed by atoms with Crippen molar-refractivity contribution < 1.29 is 9.53 Å². The molecule has 0 aliphatic carbocycles. The van der Waals surface area contributed by atoms with E-state index in [1.54, 1.807) is 0 Å². The highest BCUT2D eigenvalue weighted by molar-refractivity contribution is 5.82. The number of morpholine rings is 1. The number of nitrogens with one attached hydrogen (secondary N) is 1. The van der Waals surface area contributed by atoms with Crippen LogP contribution >= 0.6 is 0 Å². The summed E-state index contributed by atoms with van der Waals surface area (Å²) in [4.78, 5) is 14.8. The summed E-state index contributed by atoms with van der Waals surface area (Å²) in [7, 11) is 0. The number of amides is 1. The standard InChI is InChI=1S/C16H30N2O2/c1-6-12-7-8-17-13(9-12)14(19)18-10-15(2,3)20-16(4,5)11-18/h12-13,17H,6-11H2,1-5H3. The van der Waals surface area contributed by atoms with Gasteiger partial charge in [0.15, 0.2) is 0 Å². The number of hydrogen-bond donors (Lipinski definition) is 1. The van der Waals surface area contributed by atoms with E-state index in [4.69, 9.17) is 4.74 Å². The summed E-state index contributed by atoms with van der Waals surface area (Å²) in [6.45, 7) is 12.8. The first-order valence-electron chi connectivity index (χ1n) is 7.95. The van der Waals surface area contributed by atoms with E-state index in [0.29, 0.717) is 19.0 Å². The molecule has 2 unspecified atom stereocenters. The van der Waals surface area contributed by atoms with Crippen LogP contribution in [0.15, 0.2) is 0 Å². The van der Waals surface area contributed by atoms with Gasteiger partial charge in [-0.15, -0.1) is 0 Å². The largest absolute Gasteiger partial charge is 0.366 e. The van der Waals surface area contributed by atoms with Crippen LogP contribution in [0.2, 0.25) is 0 Å². The summed E-state index contributed by atoms with van der Waals surface area (Å²) in [6, 6.07) is -0.00148. The highest BCUT2D eigenvalue weighted by atomic mass is 16.5. The van der Waals surface area contributed by atoms with E-state index in [-0.39, 0.29) is 23.2 Å². The Labute approximate surface area is 123 Å². The number of nitrogens with zero attached hydrogens (tertiary/aromatic N) is 1. The van der Waals surface area contributed by atoms with Gasteiger partial charge < -0.3 is 15.0 Å². The molecule has 116 valence electrons. The summed E-state index contributed by atoms with van der Waals surface area (Å²) in [6.07, 6.45) is 3.35. The van der Waals surface area contributed by atoms with Crippen molar-refractivity contribution in [3.8, 4) is 0 Å². The van der Waals surface area contributed by atoms with Gasteiger partial charge in [0.1, 0.15) is 0 Å². The van der Waals surface area contributed by atoms with Gasteiger partial charge in [-0.2, -0.15) is 0 Å². The Bertz CT molecular complexity index is 349. The van der Waals surface area contributed by atoms with Crippen LogP contribution in [-0.2, 0) is 9.53 Å². The maximum atomic E-state index is 12.8. The van der Waals surface area contributed by atoms with Gasteiger partial charge in [0, 0.05) is 13.1 Å². The molecule has 2 aliphatic rings. The molecule has 1 N–H and O–H groups in total. The van der Waals surface area contributed by atoms with Gasteiger partial charge in [0.05, 0.1) is 17.2 Å². The number of carbonyl (C=O) groups excluding carboxylic acids is 1. The average Bonchev–Trinajstić information content (AvgIpc) is 2.34. The van der Waals surface area contributed by atoms with Crippen LogP contribution in [0.4, 0.5) is 0 Å². The van der Waals surface area contributed by atoms with Crippen molar-refractivity contribution in [3.63, 3.8) is 0 Å². The van der Waals surface area contributed by atoms with E-state index in [0.717, 1.165) is 13.0 Å². The molecular formula is C16H30N2O2. The van der Waals surface area contributed by atoms with Gasteiger partial charge in [-0.1, -0.05) is 13.3 Å². The Kier molecular flexibility index (Phi) is 4.45. The fraction of sp³-hybridized carbons (Fsp3) is 0.938. The summed E-state index contributed by atoms with van der Waals surface area (Å²) < 4.78 is 6.06. The molecule has 2 atom stereocenters. The SMILES string of the molecule is CCC1CCNC(C(=O)N2CC(C)(C)OC(C)(C)C2)C1. The fourth-order valence-corrected chi connectivity index (χ4v) is 3.72. The van der Waals surface area contributed by atoms with E-state index < -0.39 is 0 Å². The molecule has 0 spiro atoms. The molecule has 1 amide bonds. The molecule has 0 saturated carbocycles. The van der Waals surface area contributed by atoms with E-state index in [1.807, 2.05) is 4.90 Å². The highest BCUT2D eigenvalue weighted by Crippen LogP contribution is 2.29. The fourth-order valence-electron chi connectivity index (χ4n) is 3.72. The lowest BCUT2D eigenvalue weighted by Crippen LogP contribution is -2.62. The summed E-state index contributed by atoms with van der Waals surface area (Å²) in [5, 5.41) is 3.40. The van der Waals surface area contributed by atoms with E-state index in [9.17, 15) is 4.79 Å². The van der Waals surface area contributed by atoms with Gasteiger partial charge in [0.2, 0.25) is 5.91 Å². The van der Waals surface area contributed by atoms with Crippen molar-refractivity contribution in [3.05, 3.63) is 0 Å². The minimum Gasteiger partial charge on any atom is -0.366 e. The van der Waals surface area contributed by atoms with Crippen LogP contribution in [0.5, 0.6) is 0 Å². The predicted octanol–water partition coefficient (Wildman–Crippen LogP) is 2.18. The van der Waals surface area contributed by atoms with Crippen LogP contribution in [-0.4, -0.2) is 47.7 Å². The molecule has 0 aromatic rings. The highest BCUT2D eigenvalue weighted by Gasteiger charge is 2.42. The van der Waals surface area contributed by atoms with Crippen molar-refractivity contribution in [1.82, 2.24) is 10.2 Å². The lowest BCUT2D eigenvalue weighted by molar-refractivity contribution is -0.189. The summed E-state index contributed by atoms with van der Waals surface area (Å²) in [5.41, 5.74) is -0.535. The Balaban J connectivity index is 2.04. The van der Waals surface area contributed by atoms with E-state index >= 15 is 0 Å². The van der Waals surface area contributed by atoms with Crippen molar-refractivity contribution >= 4 is 5.91 Å². The number of hydrogen-bond acceptors (Lipinski definition) is 3. The van der Waals surface area contributed by atoms with E-state index in [2.05, 4.69) is 39.9 Å². The van der Waals surface area contributed by atoms with Gasteiger partial charge in [-0.05, 0) is 53.0 Å². The molecule has 2 aliphatic heterocycles. The van der Waals surface area contributed by atoms with Crippen molar-refractivity contribution in [2.45, 2.75) is 71.1 Å². The van der Waals surface area contributed by atoms with Crippen LogP contribution in [0.1, 0.15) is 53.9 Å². The van der Waals surface area contributed by atoms with E-state index in [1.165, 1.54) is 12.8 Å². The minimum atomic E-state index is -0.268. The Morgan fingerprint density at radius 2 is 1.85 bits per heavy atom. The maximum absolute atomic E-state index is 12.8. The number of piperidine rings is 1. The van der Waals surface area contributed by atoms with Crippen LogP contribution < -0.4 is 5.32 Å². The third kappa shape index (κ3) is 3.73. The second-order valence-electron chi connectivity index (χ2n) is 7.62. The summed E-state index contributed by atoms with van der Waals surface area (Å²) in [5.74, 6) is 0.944. The summed E-state index contributed by atoms with van der Waals surface area (Å²) >= 11 is 0. The second-order valence-corrected chi connectivity index (χ2v) is 7.62. The number of rotatable bonds is 2. The topological polar surface area (TPSA) is 41.6 Å².